The number of carbonyl (C=O) groups is 1. The molecule has 0 N–H and O–H groups in total. The molecule has 0 saturated heterocycles. The van der Waals surface area contributed by atoms with Crippen molar-refractivity contribution in [3.05, 3.63) is 60.7 Å². The van der Waals surface area contributed by atoms with Gasteiger partial charge in [0.25, 0.3) is 5.97 Å². The average Bonchev–Trinajstić information content (AvgIpc) is 2.88. The van der Waals surface area contributed by atoms with Crippen molar-refractivity contribution in [1.29, 1.82) is 0 Å². The van der Waals surface area contributed by atoms with Gasteiger partial charge in [-0.1, -0.05) is 98.2 Å². The zero-order chi connectivity index (χ0) is 29.8. The molecule has 2 aromatic rings. The predicted molar refractivity (Wildman–Crippen MR) is 173 cm³/mol. The van der Waals surface area contributed by atoms with Gasteiger partial charge in [-0.05, 0) is 94.1 Å². The minimum Gasteiger partial charge on any atom is -0.543 e. The maximum atomic E-state index is 12.6. The lowest BCUT2D eigenvalue weighted by atomic mass is 9.76. The largest absolute Gasteiger partial charge is 0.543 e. The first-order valence-corrected chi connectivity index (χ1v) is 17.1. The average molecular weight is 567 g/mol. The molecule has 0 aliphatic heterocycles. The maximum Gasteiger partial charge on any atom is 0.378 e. The van der Waals surface area contributed by atoms with Gasteiger partial charge in [-0.15, -0.1) is 0 Å². The van der Waals surface area contributed by atoms with Crippen molar-refractivity contribution >= 4 is 24.0 Å². The molecule has 40 heavy (non-hydrogen) atoms. The Morgan fingerprint density at radius 1 is 0.825 bits per heavy atom. The third kappa shape index (κ3) is 12.0. The fraction of sp³-hybridized carbons (Fsp3) is 0.629. The van der Waals surface area contributed by atoms with E-state index in [1.807, 2.05) is 36.4 Å². The van der Waals surface area contributed by atoms with Gasteiger partial charge in [0.1, 0.15) is 0 Å². The van der Waals surface area contributed by atoms with Gasteiger partial charge in [0.15, 0.2) is 0 Å². The molecule has 3 nitrogen and oxygen atoms in total. The van der Waals surface area contributed by atoms with Crippen LogP contribution in [0, 0.1) is 28.6 Å². The molecule has 0 bridgehead atoms. The highest BCUT2D eigenvalue weighted by Gasteiger charge is 2.31. The number of hydrogen-bond acceptors (Lipinski definition) is 3. The van der Waals surface area contributed by atoms with Crippen LogP contribution in [0.4, 0.5) is 0 Å². The first-order chi connectivity index (χ1) is 18.8. The van der Waals surface area contributed by atoms with E-state index in [1.165, 1.54) is 35.5 Å². The number of ether oxygens (including phenoxy) is 1. The van der Waals surface area contributed by atoms with Crippen LogP contribution in [-0.4, -0.2) is 38.7 Å². The second-order valence-corrected chi connectivity index (χ2v) is 17.6. The lowest BCUT2D eigenvalue weighted by Gasteiger charge is -2.40. The number of hydrogen-bond donors (Lipinski definition) is 0. The van der Waals surface area contributed by atoms with Crippen molar-refractivity contribution in [3.63, 3.8) is 0 Å². The Labute approximate surface area is 249 Å². The van der Waals surface area contributed by atoms with E-state index in [9.17, 15) is 4.79 Å². The fourth-order valence-electron chi connectivity index (χ4n) is 6.16. The van der Waals surface area contributed by atoms with Crippen LogP contribution in [0.25, 0.3) is 0 Å². The van der Waals surface area contributed by atoms with E-state index in [0.29, 0.717) is 35.2 Å². The first-order valence-electron chi connectivity index (χ1n) is 15.1. The van der Waals surface area contributed by atoms with E-state index in [2.05, 4.69) is 79.7 Å². The van der Waals surface area contributed by atoms with Gasteiger partial charge in [-0.25, -0.2) is 0 Å². The highest BCUT2D eigenvalue weighted by Crippen LogP contribution is 2.62. The Balaban J connectivity index is 2.12. The topological polar surface area (TPSA) is 35.5 Å². The quantitative estimate of drug-likeness (QED) is 0.150. The van der Waals surface area contributed by atoms with Crippen molar-refractivity contribution in [2.24, 2.45) is 28.6 Å². The second kappa shape index (κ2) is 16.1. The van der Waals surface area contributed by atoms with Crippen molar-refractivity contribution in [1.82, 2.24) is 0 Å². The van der Waals surface area contributed by atoms with Crippen molar-refractivity contribution in [3.8, 4) is 0 Å². The van der Waals surface area contributed by atoms with Crippen LogP contribution in [-0.2, 0) is 14.2 Å². The van der Waals surface area contributed by atoms with Crippen LogP contribution in [0.2, 0.25) is 0 Å². The summed E-state index contributed by atoms with van der Waals surface area (Å²) in [6.45, 7) is 20.3. The van der Waals surface area contributed by atoms with E-state index in [-0.39, 0.29) is 11.7 Å². The Morgan fingerprint density at radius 2 is 1.35 bits per heavy atom. The Hall–Kier alpha value is -1.72. The summed E-state index contributed by atoms with van der Waals surface area (Å²) in [6.07, 6.45) is 5.78. The summed E-state index contributed by atoms with van der Waals surface area (Å²) in [4.78, 5) is 15.0. The zero-order valence-corrected chi connectivity index (χ0v) is 27.4. The molecular formula is C35H55BO3S. The van der Waals surface area contributed by atoms with Crippen molar-refractivity contribution in [2.75, 3.05) is 24.7 Å². The van der Waals surface area contributed by atoms with E-state index >= 15 is 0 Å². The molecule has 2 aromatic carbocycles. The summed E-state index contributed by atoms with van der Waals surface area (Å²) < 4.78 is 11.1. The van der Waals surface area contributed by atoms with Gasteiger partial charge in [-0.2, -0.15) is 10.0 Å². The Bertz CT molecular complexity index is 942. The molecule has 0 aliphatic carbocycles. The monoisotopic (exact) mass is 566 g/mol. The molecule has 0 aliphatic rings. The van der Waals surface area contributed by atoms with E-state index in [1.54, 1.807) is 0 Å². The number of benzene rings is 2. The zero-order valence-electron chi connectivity index (χ0n) is 26.6. The van der Waals surface area contributed by atoms with Crippen LogP contribution in [0.1, 0.15) is 87.5 Å². The maximum absolute atomic E-state index is 12.6. The van der Waals surface area contributed by atoms with Crippen molar-refractivity contribution < 1.29 is 14.2 Å². The second-order valence-electron chi connectivity index (χ2n) is 14.2. The summed E-state index contributed by atoms with van der Waals surface area (Å²) >= 11 is 0. The lowest BCUT2D eigenvalue weighted by molar-refractivity contribution is -0.131. The van der Waals surface area contributed by atoms with Gasteiger partial charge in [0.05, 0.1) is 5.75 Å². The van der Waals surface area contributed by atoms with Crippen LogP contribution in [0.5, 0.6) is 0 Å². The predicted octanol–water partition coefficient (Wildman–Crippen LogP) is 9.48. The molecule has 0 spiro atoms. The SMILES string of the molecule is [B]OC(=O)CS(CCCOCC(CCC(C)CC(C)(C)C)C(C)CC(C)(C)C)(c1ccccc1)c1ccccc1. The molecule has 5 heteroatoms. The Morgan fingerprint density at radius 3 is 1.82 bits per heavy atom. The van der Waals surface area contributed by atoms with Gasteiger partial charge >= 0.3 is 8.05 Å². The minimum absolute atomic E-state index is 0.272. The summed E-state index contributed by atoms with van der Waals surface area (Å²) in [5, 5.41) is 0. The molecule has 3 atom stereocenters. The van der Waals surface area contributed by atoms with E-state index in [4.69, 9.17) is 17.4 Å². The third-order valence-corrected chi connectivity index (χ3v) is 11.8. The molecule has 2 rings (SSSR count). The molecule has 0 heterocycles. The molecular weight excluding hydrogens is 511 g/mol. The molecule has 0 fully saturated rings. The number of carbonyl (C=O) groups excluding carboxylic acids is 1. The highest BCUT2D eigenvalue weighted by molar-refractivity contribution is 8.34. The van der Waals surface area contributed by atoms with Gasteiger partial charge in [0.2, 0.25) is 0 Å². The van der Waals surface area contributed by atoms with Crippen LogP contribution < -0.4 is 0 Å². The fourth-order valence-corrected chi connectivity index (χ4v) is 9.82. The van der Waals surface area contributed by atoms with Crippen LogP contribution in [0.3, 0.4) is 0 Å². The molecule has 2 radical (unpaired) electrons. The van der Waals surface area contributed by atoms with Gasteiger partial charge in [-0.3, -0.25) is 4.79 Å². The normalized spacial score (nSPS) is 15.3. The minimum atomic E-state index is -1.68. The Kier molecular flexibility index (Phi) is 13.8. The molecule has 3 unspecified atom stereocenters. The van der Waals surface area contributed by atoms with Crippen molar-refractivity contribution in [2.45, 2.75) is 97.3 Å². The van der Waals surface area contributed by atoms with Gasteiger partial charge < -0.3 is 9.39 Å². The molecule has 0 aromatic heterocycles. The highest BCUT2D eigenvalue weighted by atomic mass is 32.3. The third-order valence-electron chi connectivity index (χ3n) is 7.73. The van der Waals surface area contributed by atoms with E-state index in [0.717, 1.165) is 18.8 Å². The molecule has 0 saturated carbocycles. The lowest BCUT2D eigenvalue weighted by Crippen LogP contribution is -2.24. The first kappa shape index (κ1) is 34.5. The summed E-state index contributed by atoms with van der Waals surface area (Å²) in [5.74, 6) is 2.63. The van der Waals surface area contributed by atoms with Gasteiger partial charge in [0, 0.05) is 13.2 Å². The molecule has 0 amide bonds. The van der Waals surface area contributed by atoms with Crippen LogP contribution in [0.15, 0.2) is 70.5 Å². The summed E-state index contributed by atoms with van der Waals surface area (Å²) in [5.41, 5.74) is 0.672. The standard InChI is InChI=1S/C35H55BO3S/c1-28(24-34(3,4)5)20-21-30(29(2)25-35(6,7)8)26-38-22-15-23-40(27-33(37)39-36,31-16-11-9-12-17-31)32-18-13-10-14-19-32/h9-14,16-19,28-30H,15,20-27H2,1-8H3. The summed E-state index contributed by atoms with van der Waals surface area (Å²) in [6, 6.07) is 20.8. The van der Waals surface area contributed by atoms with Crippen LogP contribution >= 0.6 is 10.0 Å². The smallest absolute Gasteiger partial charge is 0.378 e. The number of rotatable bonds is 16. The summed E-state index contributed by atoms with van der Waals surface area (Å²) in [7, 11) is 3.66. The van der Waals surface area contributed by atoms with E-state index < -0.39 is 10.0 Å². The molecule has 222 valence electrons.